The lowest BCUT2D eigenvalue weighted by Crippen LogP contribution is -2.04. The fourth-order valence-corrected chi connectivity index (χ4v) is 2.54. The molecular weight excluding hydrogens is 292 g/mol. The van der Waals surface area contributed by atoms with Crippen molar-refractivity contribution < 1.29 is 22.1 Å². The van der Waals surface area contributed by atoms with Crippen LogP contribution >= 0.6 is 0 Å². The summed E-state index contributed by atoms with van der Waals surface area (Å²) in [5.41, 5.74) is 0. The van der Waals surface area contributed by atoms with E-state index in [0.717, 1.165) is 23.1 Å². The highest BCUT2D eigenvalue weighted by molar-refractivity contribution is 7.86. The Bertz CT molecular complexity index is 778. The van der Waals surface area contributed by atoms with E-state index in [0.29, 0.717) is 0 Å². The van der Waals surface area contributed by atoms with Crippen LogP contribution in [0.15, 0.2) is 59.7 Å². The van der Waals surface area contributed by atoms with Crippen molar-refractivity contribution in [3.63, 3.8) is 0 Å². The van der Waals surface area contributed by atoms with Crippen LogP contribution in [0.2, 0.25) is 0 Å². The van der Waals surface area contributed by atoms with Crippen LogP contribution in [-0.4, -0.2) is 21.0 Å². The van der Waals surface area contributed by atoms with Gasteiger partial charge in [-0.15, -0.1) is 0 Å². The molecule has 21 heavy (non-hydrogen) atoms. The number of benzene rings is 2. The van der Waals surface area contributed by atoms with Crippen LogP contribution in [0.5, 0.6) is 0 Å². The Morgan fingerprint density at radius 1 is 1.14 bits per heavy atom. The molecule has 5 nitrogen and oxygen atoms in total. The summed E-state index contributed by atoms with van der Waals surface area (Å²) in [6, 6.07) is 12.0. The summed E-state index contributed by atoms with van der Waals surface area (Å²) in [5, 5.41) is 1.72. The molecule has 110 valence electrons. The highest BCUT2D eigenvalue weighted by atomic mass is 32.2. The SMILES string of the molecule is CCOC(=O)/C=C\OS(=O)(=O)c1ccc2ccccc2c1. The topological polar surface area (TPSA) is 69.7 Å². The average molecular weight is 306 g/mol. The van der Waals surface area contributed by atoms with E-state index in [4.69, 9.17) is 0 Å². The lowest BCUT2D eigenvalue weighted by molar-refractivity contribution is -0.137. The van der Waals surface area contributed by atoms with Crippen molar-refractivity contribution in [3.05, 3.63) is 54.8 Å². The van der Waals surface area contributed by atoms with Crippen LogP contribution in [-0.2, 0) is 23.8 Å². The van der Waals surface area contributed by atoms with Crippen LogP contribution in [0.1, 0.15) is 6.92 Å². The predicted molar refractivity (Wildman–Crippen MR) is 78.0 cm³/mol. The monoisotopic (exact) mass is 306 g/mol. The van der Waals surface area contributed by atoms with Gasteiger partial charge in [0.1, 0.15) is 11.2 Å². The third kappa shape index (κ3) is 3.82. The van der Waals surface area contributed by atoms with Gasteiger partial charge in [-0.2, -0.15) is 8.42 Å². The van der Waals surface area contributed by atoms with E-state index in [1.165, 1.54) is 12.1 Å². The second-order valence-electron chi connectivity index (χ2n) is 4.11. The lowest BCUT2D eigenvalue weighted by Gasteiger charge is -2.04. The molecule has 0 radical (unpaired) electrons. The highest BCUT2D eigenvalue weighted by Gasteiger charge is 2.14. The number of hydrogen-bond acceptors (Lipinski definition) is 5. The molecule has 0 fully saturated rings. The molecular formula is C15H14O5S. The van der Waals surface area contributed by atoms with Crippen molar-refractivity contribution in [2.45, 2.75) is 11.8 Å². The van der Waals surface area contributed by atoms with E-state index < -0.39 is 16.1 Å². The fraction of sp³-hybridized carbons (Fsp3) is 0.133. The maximum Gasteiger partial charge on any atom is 0.338 e. The Balaban J connectivity index is 2.19. The molecule has 0 aliphatic heterocycles. The van der Waals surface area contributed by atoms with E-state index >= 15 is 0 Å². The number of carbonyl (C=O) groups is 1. The van der Waals surface area contributed by atoms with Gasteiger partial charge in [-0.05, 0) is 29.8 Å². The minimum Gasteiger partial charge on any atom is -0.463 e. The molecule has 2 rings (SSSR count). The van der Waals surface area contributed by atoms with Gasteiger partial charge in [-0.3, -0.25) is 0 Å². The second-order valence-corrected chi connectivity index (χ2v) is 5.69. The maximum absolute atomic E-state index is 12.0. The Hall–Kier alpha value is -2.34. The molecule has 2 aromatic rings. The molecule has 0 unspecified atom stereocenters. The number of rotatable bonds is 5. The molecule has 0 spiro atoms. The number of fused-ring (bicyclic) bond motifs is 1. The van der Waals surface area contributed by atoms with Gasteiger partial charge in [0.05, 0.1) is 12.7 Å². The summed E-state index contributed by atoms with van der Waals surface area (Å²) in [6.45, 7) is 1.86. The smallest absolute Gasteiger partial charge is 0.338 e. The normalized spacial score (nSPS) is 11.7. The zero-order chi connectivity index (χ0) is 15.3. The van der Waals surface area contributed by atoms with E-state index in [2.05, 4.69) is 8.92 Å². The molecule has 0 heterocycles. The second kappa shape index (κ2) is 6.41. The molecule has 0 saturated heterocycles. The third-order valence-electron chi connectivity index (χ3n) is 2.68. The first-order valence-corrected chi connectivity index (χ1v) is 7.69. The molecule has 6 heteroatoms. The minimum atomic E-state index is -3.96. The number of hydrogen-bond donors (Lipinski definition) is 0. The Morgan fingerprint density at radius 2 is 1.86 bits per heavy atom. The Morgan fingerprint density at radius 3 is 2.57 bits per heavy atom. The van der Waals surface area contributed by atoms with Gasteiger partial charge in [0.25, 0.3) is 0 Å². The first kappa shape index (κ1) is 15.1. The first-order chi connectivity index (χ1) is 10.0. The van der Waals surface area contributed by atoms with Crippen molar-refractivity contribution >= 4 is 26.9 Å². The van der Waals surface area contributed by atoms with Crippen molar-refractivity contribution in [3.8, 4) is 0 Å². The molecule has 0 aromatic heterocycles. The molecule has 0 N–H and O–H groups in total. The van der Waals surface area contributed by atoms with Gasteiger partial charge in [0, 0.05) is 0 Å². The molecule has 0 aliphatic rings. The van der Waals surface area contributed by atoms with Crippen molar-refractivity contribution in [2.24, 2.45) is 0 Å². The minimum absolute atomic E-state index is 0.0229. The molecule has 0 aliphatic carbocycles. The van der Waals surface area contributed by atoms with Crippen LogP contribution < -0.4 is 0 Å². The molecule has 0 atom stereocenters. The van der Waals surface area contributed by atoms with E-state index in [1.807, 2.05) is 24.3 Å². The van der Waals surface area contributed by atoms with Gasteiger partial charge in [-0.25, -0.2) is 4.79 Å². The van der Waals surface area contributed by atoms with Crippen molar-refractivity contribution in [1.82, 2.24) is 0 Å². The van der Waals surface area contributed by atoms with Crippen LogP contribution in [0.25, 0.3) is 10.8 Å². The fourth-order valence-electron chi connectivity index (χ4n) is 1.73. The maximum atomic E-state index is 12.0. The zero-order valence-electron chi connectivity index (χ0n) is 11.4. The van der Waals surface area contributed by atoms with Crippen LogP contribution in [0, 0.1) is 0 Å². The van der Waals surface area contributed by atoms with E-state index in [-0.39, 0.29) is 11.5 Å². The van der Waals surface area contributed by atoms with Gasteiger partial charge in [-0.1, -0.05) is 30.3 Å². The third-order valence-corrected chi connectivity index (χ3v) is 3.88. The largest absolute Gasteiger partial charge is 0.463 e. The number of ether oxygens (including phenoxy) is 1. The average Bonchev–Trinajstić information content (AvgIpc) is 2.47. The van der Waals surface area contributed by atoms with Crippen LogP contribution in [0.4, 0.5) is 0 Å². The highest BCUT2D eigenvalue weighted by Crippen LogP contribution is 2.20. The molecule has 0 saturated carbocycles. The standard InChI is InChI=1S/C15H14O5S/c1-2-19-15(16)9-10-20-21(17,18)14-8-7-12-5-3-4-6-13(12)11-14/h3-11H,2H2,1H3/b10-9-. The van der Waals surface area contributed by atoms with E-state index in [9.17, 15) is 13.2 Å². The van der Waals surface area contributed by atoms with Crippen molar-refractivity contribution in [2.75, 3.05) is 6.61 Å². The first-order valence-electron chi connectivity index (χ1n) is 6.28. The summed E-state index contributed by atoms with van der Waals surface area (Å²) in [5.74, 6) is -0.661. The quantitative estimate of drug-likeness (QED) is 0.367. The molecule has 0 bridgehead atoms. The number of carbonyl (C=O) groups excluding carboxylic acids is 1. The summed E-state index contributed by atoms with van der Waals surface area (Å²) in [6.07, 6.45) is 1.73. The zero-order valence-corrected chi connectivity index (χ0v) is 12.2. The molecule has 0 amide bonds. The van der Waals surface area contributed by atoms with Gasteiger partial charge < -0.3 is 8.92 Å². The summed E-state index contributed by atoms with van der Waals surface area (Å²) in [4.78, 5) is 11.1. The van der Waals surface area contributed by atoms with Crippen molar-refractivity contribution in [1.29, 1.82) is 0 Å². The summed E-state index contributed by atoms with van der Waals surface area (Å²) >= 11 is 0. The van der Waals surface area contributed by atoms with Gasteiger partial charge >= 0.3 is 16.1 Å². The number of esters is 1. The lowest BCUT2D eigenvalue weighted by atomic mass is 10.1. The van der Waals surface area contributed by atoms with Gasteiger partial charge in [0.15, 0.2) is 0 Å². The summed E-state index contributed by atoms with van der Waals surface area (Å²) < 4.78 is 33.3. The summed E-state index contributed by atoms with van der Waals surface area (Å²) in [7, 11) is -3.96. The van der Waals surface area contributed by atoms with Crippen LogP contribution in [0.3, 0.4) is 0 Å². The molecule has 2 aromatic carbocycles. The Kier molecular flexibility index (Phi) is 4.59. The predicted octanol–water partition coefficient (Wildman–Crippen LogP) is 2.62. The van der Waals surface area contributed by atoms with E-state index in [1.54, 1.807) is 13.0 Å². The van der Waals surface area contributed by atoms with Gasteiger partial charge in [0.2, 0.25) is 0 Å². The Labute approximate surface area is 122 Å².